The maximum atomic E-state index is 13.0. The molecule has 1 fully saturated rings. The van der Waals surface area contributed by atoms with E-state index in [0.717, 1.165) is 37.6 Å². The molecule has 6 nitrogen and oxygen atoms in total. The summed E-state index contributed by atoms with van der Waals surface area (Å²) in [7, 11) is 0. The number of benzene rings is 1. The van der Waals surface area contributed by atoms with Crippen LogP contribution >= 0.6 is 12.4 Å². The smallest absolute Gasteiger partial charge is 0.285 e. The van der Waals surface area contributed by atoms with Crippen LogP contribution in [0.3, 0.4) is 0 Å². The van der Waals surface area contributed by atoms with Gasteiger partial charge in [0.1, 0.15) is 11.4 Å². The van der Waals surface area contributed by atoms with Crippen molar-refractivity contribution in [2.45, 2.75) is 31.8 Å². The van der Waals surface area contributed by atoms with Crippen LogP contribution < -0.4 is 10.6 Å². The standard InChI is InChI=1S/C13H16FN3O3.ClH/c1-8-11(3-2-6-15-8)16-13(18)10-5-4-9(14)7-12(10)17(19)20;/h4-5,7-8,11,15H,2-3,6H2,1H3,(H,16,18);1H. The number of carbonyl (C=O) groups is 1. The molecule has 1 aromatic rings. The Labute approximate surface area is 127 Å². The van der Waals surface area contributed by atoms with E-state index in [4.69, 9.17) is 0 Å². The van der Waals surface area contributed by atoms with Crippen LogP contribution in [0, 0.1) is 15.9 Å². The average molecular weight is 318 g/mol. The normalized spacial score (nSPS) is 21.2. The van der Waals surface area contributed by atoms with E-state index in [-0.39, 0.29) is 30.1 Å². The first-order valence-electron chi connectivity index (χ1n) is 6.47. The third-order valence-corrected chi connectivity index (χ3v) is 3.48. The summed E-state index contributed by atoms with van der Waals surface area (Å²) in [6, 6.07) is 2.97. The van der Waals surface area contributed by atoms with Gasteiger partial charge >= 0.3 is 0 Å². The highest BCUT2D eigenvalue weighted by Crippen LogP contribution is 2.20. The van der Waals surface area contributed by atoms with Crippen LogP contribution in [0.5, 0.6) is 0 Å². The monoisotopic (exact) mass is 317 g/mol. The predicted molar refractivity (Wildman–Crippen MR) is 78.3 cm³/mol. The van der Waals surface area contributed by atoms with Crippen molar-refractivity contribution >= 4 is 24.0 Å². The van der Waals surface area contributed by atoms with Crippen molar-refractivity contribution in [3.8, 4) is 0 Å². The van der Waals surface area contributed by atoms with Gasteiger partial charge in [0.15, 0.2) is 0 Å². The van der Waals surface area contributed by atoms with Crippen molar-refractivity contribution in [3.05, 3.63) is 39.7 Å². The van der Waals surface area contributed by atoms with Gasteiger partial charge in [-0.05, 0) is 38.4 Å². The summed E-state index contributed by atoms with van der Waals surface area (Å²) in [6.07, 6.45) is 1.75. The molecule has 0 bridgehead atoms. The minimum Gasteiger partial charge on any atom is -0.348 e. The van der Waals surface area contributed by atoms with Crippen LogP contribution in [0.25, 0.3) is 0 Å². The van der Waals surface area contributed by atoms with Crippen molar-refractivity contribution < 1.29 is 14.1 Å². The second-order valence-electron chi connectivity index (χ2n) is 4.88. The lowest BCUT2D eigenvalue weighted by molar-refractivity contribution is -0.385. The molecule has 8 heteroatoms. The summed E-state index contributed by atoms with van der Waals surface area (Å²) in [5, 5.41) is 16.9. The minimum absolute atomic E-state index is 0. The van der Waals surface area contributed by atoms with E-state index >= 15 is 0 Å². The molecule has 1 amide bonds. The first-order chi connectivity index (χ1) is 9.49. The Bertz CT molecular complexity index is 541. The van der Waals surface area contributed by atoms with Gasteiger partial charge in [0, 0.05) is 12.1 Å². The lowest BCUT2D eigenvalue weighted by Gasteiger charge is -2.30. The van der Waals surface area contributed by atoms with Crippen molar-refractivity contribution in [3.63, 3.8) is 0 Å². The minimum atomic E-state index is -0.749. The number of halogens is 2. The van der Waals surface area contributed by atoms with Crippen LogP contribution in [0.1, 0.15) is 30.1 Å². The summed E-state index contributed by atoms with van der Waals surface area (Å²) in [5.74, 6) is -1.28. The number of nitro groups is 1. The Morgan fingerprint density at radius 3 is 2.86 bits per heavy atom. The predicted octanol–water partition coefficient (Wildman–Crippen LogP) is 2.03. The molecule has 2 rings (SSSR count). The fourth-order valence-corrected chi connectivity index (χ4v) is 2.34. The molecule has 1 aliphatic rings. The van der Waals surface area contributed by atoms with Gasteiger partial charge in [-0.2, -0.15) is 0 Å². The number of hydrogen-bond donors (Lipinski definition) is 2. The molecule has 21 heavy (non-hydrogen) atoms. The number of nitro benzene ring substituents is 1. The van der Waals surface area contributed by atoms with Gasteiger partial charge in [-0.3, -0.25) is 14.9 Å². The molecule has 0 radical (unpaired) electrons. The van der Waals surface area contributed by atoms with E-state index in [9.17, 15) is 19.3 Å². The van der Waals surface area contributed by atoms with Crippen molar-refractivity contribution in [2.75, 3.05) is 6.54 Å². The number of amides is 1. The summed E-state index contributed by atoms with van der Waals surface area (Å²) in [5.41, 5.74) is -0.631. The van der Waals surface area contributed by atoms with E-state index in [2.05, 4.69) is 10.6 Å². The maximum Gasteiger partial charge on any atom is 0.285 e. The van der Waals surface area contributed by atoms with E-state index in [1.165, 1.54) is 0 Å². The van der Waals surface area contributed by atoms with Gasteiger partial charge in [0.2, 0.25) is 0 Å². The van der Waals surface area contributed by atoms with Crippen molar-refractivity contribution in [1.29, 1.82) is 0 Å². The highest BCUT2D eigenvalue weighted by molar-refractivity contribution is 5.98. The second kappa shape index (κ2) is 7.33. The Hall–Kier alpha value is -1.73. The number of carbonyl (C=O) groups excluding carboxylic acids is 1. The molecule has 1 aliphatic heterocycles. The van der Waals surface area contributed by atoms with E-state index in [1.54, 1.807) is 0 Å². The molecule has 2 unspecified atom stereocenters. The van der Waals surface area contributed by atoms with E-state index < -0.39 is 22.3 Å². The molecule has 1 aromatic carbocycles. The zero-order valence-electron chi connectivity index (χ0n) is 11.5. The van der Waals surface area contributed by atoms with Crippen LogP contribution in [0.4, 0.5) is 10.1 Å². The number of nitrogens with zero attached hydrogens (tertiary/aromatic N) is 1. The summed E-state index contributed by atoms with van der Waals surface area (Å²) in [4.78, 5) is 22.3. The summed E-state index contributed by atoms with van der Waals surface area (Å²) in [6.45, 7) is 2.84. The van der Waals surface area contributed by atoms with Crippen molar-refractivity contribution in [1.82, 2.24) is 10.6 Å². The molecule has 0 aromatic heterocycles. The number of nitrogens with one attached hydrogen (secondary N) is 2. The molecular formula is C13H17ClFN3O3. The first-order valence-corrected chi connectivity index (χ1v) is 6.47. The summed E-state index contributed by atoms with van der Waals surface area (Å²) < 4.78 is 13.0. The fourth-order valence-electron chi connectivity index (χ4n) is 2.34. The Morgan fingerprint density at radius 1 is 1.52 bits per heavy atom. The Kier molecular flexibility index (Phi) is 6.04. The SMILES string of the molecule is CC1NCCCC1NC(=O)c1ccc(F)cc1[N+](=O)[O-].Cl. The number of rotatable bonds is 3. The Morgan fingerprint density at radius 2 is 2.24 bits per heavy atom. The van der Waals surface area contributed by atoms with Crippen LogP contribution in [0.2, 0.25) is 0 Å². The van der Waals surface area contributed by atoms with E-state index in [0.29, 0.717) is 0 Å². The molecule has 0 spiro atoms. The highest BCUT2D eigenvalue weighted by Gasteiger charge is 2.26. The molecule has 116 valence electrons. The van der Waals surface area contributed by atoms with Gasteiger partial charge in [-0.15, -0.1) is 12.4 Å². The second-order valence-corrected chi connectivity index (χ2v) is 4.88. The molecule has 2 N–H and O–H groups in total. The molecule has 0 aliphatic carbocycles. The molecular weight excluding hydrogens is 301 g/mol. The first kappa shape index (κ1) is 17.3. The number of hydrogen-bond acceptors (Lipinski definition) is 4. The van der Waals surface area contributed by atoms with Gasteiger partial charge in [-0.1, -0.05) is 0 Å². The fraction of sp³-hybridized carbons (Fsp3) is 0.462. The molecule has 0 saturated carbocycles. The zero-order valence-corrected chi connectivity index (χ0v) is 12.3. The van der Waals surface area contributed by atoms with Gasteiger partial charge in [-0.25, -0.2) is 4.39 Å². The molecule has 2 atom stereocenters. The maximum absolute atomic E-state index is 13.0. The van der Waals surface area contributed by atoms with Crippen LogP contribution in [0.15, 0.2) is 18.2 Å². The third kappa shape index (κ3) is 4.12. The van der Waals surface area contributed by atoms with Gasteiger partial charge in [0.05, 0.1) is 11.0 Å². The van der Waals surface area contributed by atoms with E-state index in [1.807, 2.05) is 6.92 Å². The number of piperidine rings is 1. The van der Waals surface area contributed by atoms with Crippen LogP contribution in [-0.4, -0.2) is 29.5 Å². The lowest BCUT2D eigenvalue weighted by atomic mass is 9.99. The van der Waals surface area contributed by atoms with Crippen LogP contribution in [-0.2, 0) is 0 Å². The largest absolute Gasteiger partial charge is 0.348 e. The van der Waals surface area contributed by atoms with Gasteiger partial charge in [0.25, 0.3) is 11.6 Å². The Balaban J connectivity index is 0.00000220. The average Bonchev–Trinajstić information content (AvgIpc) is 2.41. The molecule has 1 heterocycles. The highest BCUT2D eigenvalue weighted by atomic mass is 35.5. The topological polar surface area (TPSA) is 84.3 Å². The lowest BCUT2D eigenvalue weighted by Crippen LogP contribution is -2.51. The quantitative estimate of drug-likeness (QED) is 0.660. The summed E-state index contributed by atoms with van der Waals surface area (Å²) >= 11 is 0. The van der Waals surface area contributed by atoms with Crippen molar-refractivity contribution in [2.24, 2.45) is 0 Å². The molecule has 1 saturated heterocycles. The third-order valence-electron chi connectivity index (χ3n) is 3.48. The van der Waals surface area contributed by atoms with Gasteiger partial charge < -0.3 is 10.6 Å². The zero-order chi connectivity index (χ0) is 14.7.